The molecular weight excluding hydrogens is 692 g/mol. The maximum atomic E-state index is 13.8. The molecule has 1 saturated carbocycles. The molecule has 1 fully saturated rings. The summed E-state index contributed by atoms with van der Waals surface area (Å²) >= 11 is 0. The number of aliphatic carboxylic acids is 1. The van der Waals surface area contributed by atoms with Crippen LogP contribution in [0.1, 0.15) is 106 Å². The van der Waals surface area contributed by atoms with Gasteiger partial charge in [0.2, 0.25) is 41.4 Å². The number of nitrogens with one attached hydrogen (secondary N) is 5. The van der Waals surface area contributed by atoms with E-state index in [4.69, 9.17) is 16.6 Å². The summed E-state index contributed by atoms with van der Waals surface area (Å²) < 4.78 is 0. The Morgan fingerprint density at radius 2 is 1.40 bits per heavy atom. The van der Waals surface area contributed by atoms with E-state index in [1.54, 1.807) is 13.8 Å². The lowest BCUT2D eigenvalue weighted by Gasteiger charge is -2.40. The fourth-order valence-corrected chi connectivity index (χ4v) is 6.10. The van der Waals surface area contributed by atoms with Gasteiger partial charge in [-0.2, -0.15) is 0 Å². The van der Waals surface area contributed by atoms with E-state index in [-0.39, 0.29) is 12.3 Å². The van der Waals surface area contributed by atoms with Gasteiger partial charge in [0.25, 0.3) is 0 Å². The van der Waals surface area contributed by atoms with Gasteiger partial charge in [-0.05, 0) is 44.4 Å². The van der Waals surface area contributed by atoms with Crippen LogP contribution in [-0.2, 0) is 38.4 Å². The van der Waals surface area contributed by atoms with Gasteiger partial charge in [0, 0.05) is 6.04 Å². The number of carbonyl (C=O) groups is 8. The van der Waals surface area contributed by atoms with E-state index in [0.717, 1.165) is 25.7 Å². The second-order valence-electron chi connectivity index (χ2n) is 14.5. The van der Waals surface area contributed by atoms with Crippen molar-refractivity contribution in [2.24, 2.45) is 23.3 Å². The van der Waals surface area contributed by atoms with Gasteiger partial charge in [-0.1, -0.05) is 66.7 Å². The number of carbonyl (C=O) groups excluding carboxylic acids is 7. The number of carboxylic acid groups (broad SMARTS) is 1. The predicted molar refractivity (Wildman–Crippen MR) is 194 cm³/mol. The zero-order chi connectivity index (χ0) is 40.4. The van der Waals surface area contributed by atoms with Crippen LogP contribution in [0.2, 0.25) is 0 Å². The van der Waals surface area contributed by atoms with Crippen molar-refractivity contribution in [1.29, 1.82) is 0 Å². The van der Waals surface area contributed by atoms with Gasteiger partial charge < -0.3 is 53.2 Å². The minimum absolute atomic E-state index is 0.00988. The Bertz CT molecular complexity index is 1270. The largest absolute Gasteiger partial charge is 0.481 e. The molecule has 0 spiro atoms. The van der Waals surface area contributed by atoms with Crippen molar-refractivity contribution < 1.29 is 48.6 Å². The number of hydrogen-bond donors (Lipinski definition) is 9. The van der Waals surface area contributed by atoms with Crippen LogP contribution in [0.3, 0.4) is 0 Å². The first-order valence-corrected chi connectivity index (χ1v) is 18.5. The Labute approximate surface area is 311 Å². The second kappa shape index (κ2) is 23.4. The highest BCUT2D eigenvalue weighted by Crippen LogP contribution is 2.25. The summed E-state index contributed by atoms with van der Waals surface area (Å²) in [5, 5.41) is 31.7. The number of amides is 7. The lowest BCUT2D eigenvalue weighted by Crippen LogP contribution is -2.62. The van der Waals surface area contributed by atoms with Crippen molar-refractivity contribution in [3.8, 4) is 0 Å². The van der Waals surface area contributed by atoms with Crippen LogP contribution in [-0.4, -0.2) is 118 Å². The molecule has 53 heavy (non-hydrogen) atoms. The van der Waals surface area contributed by atoms with Crippen LogP contribution in [0.4, 0.5) is 0 Å². The van der Waals surface area contributed by atoms with E-state index < -0.39 is 115 Å². The fourth-order valence-electron chi connectivity index (χ4n) is 6.10. The van der Waals surface area contributed by atoms with Crippen molar-refractivity contribution in [2.45, 2.75) is 148 Å². The Balaban J connectivity index is 3.08. The first kappa shape index (κ1) is 46.7. The monoisotopic (exact) mass is 754 g/mol. The molecule has 18 heteroatoms. The van der Waals surface area contributed by atoms with E-state index >= 15 is 0 Å². The van der Waals surface area contributed by atoms with Crippen molar-refractivity contribution in [2.75, 3.05) is 13.2 Å². The second-order valence-corrected chi connectivity index (χ2v) is 14.5. The minimum Gasteiger partial charge on any atom is -0.481 e. The molecule has 0 saturated heterocycles. The Kier molecular flexibility index (Phi) is 20.6. The van der Waals surface area contributed by atoms with E-state index in [2.05, 4.69) is 26.6 Å². The highest BCUT2D eigenvalue weighted by Gasteiger charge is 2.39. The maximum Gasteiger partial charge on any atom is 0.305 e. The van der Waals surface area contributed by atoms with Crippen LogP contribution in [0.5, 0.6) is 0 Å². The Morgan fingerprint density at radius 3 is 1.91 bits per heavy atom. The fraction of sp³-hybridized carbons (Fsp3) is 0.771. The lowest BCUT2D eigenvalue weighted by molar-refractivity contribution is -0.148. The third-order valence-electron chi connectivity index (χ3n) is 9.08. The summed E-state index contributed by atoms with van der Waals surface area (Å²) in [4.78, 5) is 104. The Hall–Kier alpha value is -4.32. The van der Waals surface area contributed by atoms with E-state index in [9.17, 15) is 43.5 Å². The summed E-state index contributed by atoms with van der Waals surface area (Å²) in [7, 11) is 0. The van der Waals surface area contributed by atoms with Crippen LogP contribution in [0, 0.1) is 11.8 Å². The molecule has 1 aliphatic rings. The van der Waals surface area contributed by atoms with E-state index in [1.807, 2.05) is 20.8 Å². The van der Waals surface area contributed by atoms with Crippen molar-refractivity contribution >= 4 is 47.3 Å². The molecule has 0 radical (unpaired) electrons. The van der Waals surface area contributed by atoms with Crippen LogP contribution < -0.4 is 38.1 Å². The molecule has 0 aromatic rings. The highest BCUT2D eigenvalue weighted by molar-refractivity contribution is 5.96. The van der Waals surface area contributed by atoms with Crippen LogP contribution in [0.25, 0.3) is 0 Å². The van der Waals surface area contributed by atoms with E-state index in [1.165, 1.54) is 11.8 Å². The van der Waals surface area contributed by atoms with Gasteiger partial charge in [0.15, 0.2) is 0 Å². The van der Waals surface area contributed by atoms with E-state index in [0.29, 0.717) is 25.7 Å². The number of nitrogens with two attached hydrogens (primary N) is 2. The minimum atomic E-state index is -1.51. The molecule has 1 rings (SSSR count). The summed E-state index contributed by atoms with van der Waals surface area (Å²) in [6, 6.07) is -7.63. The van der Waals surface area contributed by atoms with Crippen molar-refractivity contribution in [3.63, 3.8) is 0 Å². The number of unbranched alkanes of at least 4 members (excludes halogenated alkanes) is 1. The average Bonchev–Trinajstić information content (AvgIpc) is 3.09. The summed E-state index contributed by atoms with van der Waals surface area (Å²) in [6.07, 6.45) is 4.91. The molecule has 18 nitrogen and oxygen atoms in total. The Morgan fingerprint density at radius 1 is 0.792 bits per heavy atom. The van der Waals surface area contributed by atoms with Gasteiger partial charge in [-0.3, -0.25) is 38.4 Å². The normalized spacial score (nSPS) is 16.6. The first-order chi connectivity index (χ1) is 24.8. The molecule has 0 aromatic heterocycles. The van der Waals surface area contributed by atoms with Gasteiger partial charge in [-0.15, -0.1) is 0 Å². The topological polar surface area (TPSA) is 292 Å². The van der Waals surface area contributed by atoms with Crippen molar-refractivity contribution in [1.82, 2.24) is 31.5 Å². The molecule has 0 unspecified atom stereocenters. The van der Waals surface area contributed by atoms with Crippen LogP contribution in [0.15, 0.2) is 0 Å². The summed E-state index contributed by atoms with van der Waals surface area (Å²) in [6.45, 7) is 9.08. The van der Waals surface area contributed by atoms with Crippen molar-refractivity contribution in [3.05, 3.63) is 0 Å². The number of primary amides is 1. The lowest BCUT2D eigenvalue weighted by atomic mass is 9.92. The molecule has 6 atom stereocenters. The number of hydrogen-bond acceptors (Lipinski definition) is 10. The average molecular weight is 755 g/mol. The molecule has 0 heterocycles. The molecule has 0 aromatic carbocycles. The first-order valence-electron chi connectivity index (χ1n) is 18.5. The molecule has 7 amide bonds. The van der Waals surface area contributed by atoms with Gasteiger partial charge in [0.05, 0.1) is 25.6 Å². The third-order valence-corrected chi connectivity index (χ3v) is 9.08. The number of nitrogens with zero attached hydrogens (tertiary/aromatic N) is 1. The molecule has 0 bridgehead atoms. The standard InChI is InChI=1S/C35H62N8O10/c1-7-8-14-24(30(37)48)40-33(51)25(15-19(2)3)39-27(45)17-38-34(52)29(20(4)5)42-31(49)21(6)43(22-12-10-9-11-13-22)35(53)26(18-44)41-32(50)23(36)16-28(46)47/h19-26,29,44H,7-18,36H2,1-6H3,(H2,37,48)(H,38,52)(H,39,45)(H,40,51)(H,41,50)(H,42,49)(H,46,47)/t21-,23-,24-,25-,26-,29-/m0/s1. The number of rotatable bonds is 23. The maximum absolute atomic E-state index is 13.8. The molecular formula is C35H62N8O10. The SMILES string of the molecule is CCCC[C@H](NC(=O)[C@H](CC(C)C)NC(=O)CNC(=O)[C@@H](NC(=O)[C@H](C)N(C(=O)[C@H](CO)NC(=O)[C@@H](N)CC(=O)O)C1CCCCC1)C(C)C)C(N)=O. The molecule has 11 N–H and O–H groups in total. The smallest absolute Gasteiger partial charge is 0.305 e. The molecule has 0 aliphatic heterocycles. The number of carboxylic acids is 1. The zero-order valence-electron chi connectivity index (χ0n) is 31.9. The number of aliphatic hydroxyl groups is 1. The zero-order valence-corrected chi connectivity index (χ0v) is 31.9. The predicted octanol–water partition coefficient (Wildman–Crippen LogP) is -1.24. The molecule has 1 aliphatic carbocycles. The van der Waals surface area contributed by atoms with Crippen LogP contribution >= 0.6 is 0 Å². The summed E-state index contributed by atoms with van der Waals surface area (Å²) in [5.74, 6) is -6.88. The number of aliphatic hydroxyl groups excluding tert-OH is 1. The highest BCUT2D eigenvalue weighted by atomic mass is 16.4. The molecule has 302 valence electrons. The quantitative estimate of drug-likeness (QED) is 0.0595. The van der Waals surface area contributed by atoms with Gasteiger partial charge in [-0.25, -0.2) is 0 Å². The van der Waals surface area contributed by atoms with Gasteiger partial charge in [0.1, 0.15) is 30.2 Å². The third kappa shape index (κ3) is 16.1. The van der Waals surface area contributed by atoms with Gasteiger partial charge >= 0.3 is 5.97 Å². The summed E-state index contributed by atoms with van der Waals surface area (Å²) in [5.41, 5.74) is 11.1.